The van der Waals surface area contributed by atoms with E-state index in [9.17, 15) is 8.42 Å². The van der Waals surface area contributed by atoms with Crippen LogP contribution in [0.15, 0.2) is 47.4 Å². The molecule has 1 aliphatic heterocycles. The van der Waals surface area contributed by atoms with Gasteiger partial charge < -0.3 is 9.64 Å². The number of piperazine rings is 1. The lowest BCUT2D eigenvalue weighted by molar-refractivity contribution is 0.373. The van der Waals surface area contributed by atoms with Gasteiger partial charge in [-0.25, -0.2) is 8.42 Å². The van der Waals surface area contributed by atoms with E-state index in [-0.39, 0.29) is 4.90 Å². The van der Waals surface area contributed by atoms with Crippen molar-refractivity contribution in [3.8, 4) is 17.0 Å². The van der Waals surface area contributed by atoms with E-state index >= 15 is 0 Å². The molecule has 0 spiro atoms. The van der Waals surface area contributed by atoms with Crippen LogP contribution in [0.5, 0.6) is 5.75 Å². The fraction of sp³-hybridized carbons (Fsp3) is 0.304. The Kier molecular flexibility index (Phi) is 6.81. The second-order valence-electron chi connectivity index (χ2n) is 7.88. The molecule has 0 unspecified atom stereocenters. The third-order valence-electron chi connectivity index (χ3n) is 5.82. The zero-order valence-corrected chi connectivity index (χ0v) is 20.9. The molecular weight excluding hydrogens is 483 g/mol. The maximum Gasteiger partial charge on any atom is 0.246 e. The van der Waals surface area contributed by atoms with Gasteiger partial charge in [-0.15, -0.1) is 10.2 Å². The molecule has 0 saturated carbocycles. The number of hydrogen-bond donors (Lipinski definition) is 0. The number of methoxy groups -OCH3 is 1. The molecule has 2 aromatic carbocycles. The van der Waals surface area contributed by atoms with Gasteiger partial charge in [0.05, 0.1) is 17.8 Å². The Labute approximate surface area is 204 Å². The molecule has 0 atom stereocenters. The molecule has 0 amide bonds. The van der Waals surface area contributed by atoms with Gasteiger partial charge in [0.15, 0.2) is 5.82 Å². The average molecular weight is 507 g/mol. The molecule has 33 heavy (non-hydrogen) atoms. The first-order valence-electron chi connectivity index (χ1n) is 10.4. The molecule has 3 aromatic rings. The van der Waals surface area contributed by atoms with Crippen LogP contribution in [0.2, 0.25) is 10.0 Å². The van der Waals surface area contributed by atoms with Crippen molar-refractivity contribution in [2.24, 2.45) is 0 Å². The summed E-state index contributed by atoms with van der Waals surface area (Å²) in [6.45, 7) is 5.51. The minimum atomic E-state index is -3.68. The normalized spacial score (nSPS) is 15.0. The largest absolute Gasteiger partial charge is 0.495 e. The van der Waals surface area contributed by atoms with Crippen molar-refractivity contribution >= 4 is 39.0 Å². The molecule has 10 heteroatoms. The number of anilines is 1. The number of aromatic nitrogens is 2. The smallest absolute Gasteiger partial charge is 0.246 e. The molecule has 2 heterocycles. The summed E-state index contributed by atoms with van der Waals surface area (Å²) in [4.78, 5) is 2.22. The summed E-state index contributed by atoms with van der Waals surface area (Å²) in [6.07, 6.45) is 0. The van der Waals surface area contributed by atoms with Crippen molar-refractivity contribution in [1.82, 2.24) is 14.5 Å². The quantitative estimate of drug-likeness (QED) is 0.503. The van der Waals surface area contributed by atoms with Crippen LogP contribution in [0.3, 0.4) is 0 Å². The van der Waals surface area contributed by atoms with Gasteiger partial charge in [0, 0.05) is 36.8 Å². The predicted octanol–water partition coefficient (Wildman–Crippen LogP) is 4.59. The number of benzene rings is 2. The van der Waals surface area contributed by atoms with E-state index in [4.69, 9.17) is 27.9 Å². The Balaban J connectivity index is 1.48. The molecule has 0 radical (unpaired) electrons. The highest BCUT2D eigenvalue weighted by molar-refractivity contribution is 7.89. The third-order valence-corrected chi connectivity index (χ3v) is 8.29. The van der Waals surface area contributed by atoms with Crippen LogP contribution in [0.1, 0.15) is 11.1 Å². The first-order chi connectivity index (χ1) is 15.7. The zero-order chi connectivity index (χ0) is 23.8. The minimum Gasteiger partial charge on any atom is -0.495 e. The van der Waals surface area contributed by atoms with Gasteiger partial charge in [-0.3, -0.25) is 0 Å². The number of halogens is 2. The summed E-state index contributed by atoms with van der Waals surface area (Å²) >= 11 is 12.2. The molecular formula is C23H24Cl2N4O3S. The van der Waals surface area contributed by atoms with Crippen molar-refractivity contribution in [3.63, 3.8) is 0 Å². The van der Waals surface area contributed by atoms with Gasteiger partial charge in [-0.05, 0) is 67.4 Å². The molecule has 1 fully saturated rings. The SMILES string of the molecule is COc1cc(C)c(C)cc1S(=O)(=O)N1CCN(c2ccc(-c3ccc(Cl)cc3Cl)nn2)CC1. The highest BCUT2D eigenvalue weighted by Gasteiger charge is 2.31. The van der Waals surface area contributed by atoms with Crippen LogP contribution in [0, 0.1) is 13.8 Å². The van der Waals surface area contributed by atoms with Crippen molar-refractivity contribution in [3.05, 3.63) is 63.6 Å². The lowest BCUT2D eigenvalue weighted by Gasteiger charge is -2.34. The average Bonchev–Trinajstić information content (AvgIpc) is 2.81. The second kappa shape index (κ2) is 9.46. The number of hydrogen-bond acceptors (Lipinski definition) is 6. The Morgan fingerprint density at radius 2 is 1.61 bits per heavy atom. The summed E-state index contributed by atoms with van der Waals surface area (Å²) < 4.78 is 33.5. The van der Waals surface area contributed by atoms with E-state index in [1.54, 1.807) is 30.3 Å². The lowest BCUT2D eigenvalue weighted by Crippen LogP contribution is -2.49. The summed E-state index contributed by atoms with van der Waals surface area (Å²) in [6, 6.07) is 12.4. The Hall–Kier alpha value is -2.39. The van der Waals surface area contributed by atoms with E-state index in [1.807, 2.05) is 30.9 Å². The number of rotatable bonds is 5. The molecule has 174 valence electrons. The monoisotopic (exact) mass is 506 g/mol. The molecule has 1 aromatic heterocycles. The summed E-state index contributed by atoms with van der Waals surface area (Å²) in [5.41, 5.74) is 3.28. The van der Waals surface area contributed by atoms with Crippen molar-refractivity contribution < 1.29 is 13.2 Å². The molecule has 4 rings (SSSR count). The van der Waals surface area contributed by atoms with Crippen LogP contribution in [0.25, 0.3) is 11.3 Å². The lowest BCUT2D eigenvalue weighted by atomic mass is 10.1. The van der Waals surface area contributed by atoms with Crippen LogP contribution >= 0.6 is 23.2 Å². The minimum absolute atomic E-state index is 0.200. The fourth-order valence-electron chi connectivity index (χ4n) is 3.76. The van der Waals surface area contributed by atoms with E-state index in [0.29, 0.717) is 53.5 Å². The molecule has 0 aliphatic carbocycles. The fourth-order valence-corrected chi connectivity index (χ4v) is 5.91. The van der Waals surface area contributed by atoms with Crippen LogP contribution in [-0.4, -0.2) is 56.2 Å². The maximum atomic E-state index is 13.3. The number of ether oxygens (including phenoxy) is 1. The van der Waals surface area contributed by atoms with E-state index in [2.05, 4.69) is 10.2 Å². The summed E-state index contributed by atoms with van der Waals surface area (Å²) in [5, 5.41) is 9.70. The Morgan fingerprint density at radius 1 is 0.909 bits per heavy atom. The van der Waals surface area contributed by atoms with E-state index < -0.39 is 10.0 Å². The molecule has 1 saturated heterocycles. The molecule has 7 nitrogen and oxygen atoms in total. The van der Waals surface area contributed by atoms with E-state index in [0.717, 1.165) is 16.7 Å². The standard InChI is InChI=1S/C23H24Cl2N4O3S/c1-15-12-21(32-3)22(13-16(15)2)33(30,31)29-10-8-28(9-11-29)23-7-6-20(26-27-23)18-5-4-17(24)14-19(18)25/h4-7,12-14H,8-11H2,1-3H3. The zero-order valence-electron chi connectivity index (χ0n) is 18.5. The number of aryl methyl sites for hydroxylation is 2. The first kappa shape index (κ1) is 23.8. The van der Waals surface area contributed by atoms with Crippen molar-refractivity contribution in [1.29, 1.82) is 0 Å². The predicted molar refractivity (Wildman–Crippen MR) is 131 cm³/mol. The van der Waals surface area contributed by atoms with Gasteiger partial charge in [-0.1, -0.05) is 23.2 Å². The van der Waals surface area contributed by atoms with E-state index in [1.165, 1.54) is 11.4 Å². The Morgan fingerprint density at radius 3 is 2.21 bits per heavy atom. The maximum absolute atomic E-state index is 13.3. The highest BCUT2D eigenvalue weighted by atomic mass is 35.5. The Bertz CT molecular complexity index is 1280. The first-order valence-corrected chi connectivity index (χ1v) is 12.6. The highest BCUT2D eigenvalue weighted by Crippen LogP contribution is 2.32. The number of sulfonamides is 1. The second-order valence-corrected chi connectivity index (χ2v) is 10.6. The van der Waals surface area contributed by atoms with Crippen molar-refractivity contribution in [2.45, 2.75) is 18.7 Å². The van der Waals surface area contributed by atoms with Crippen LogP contribution in [0.4, 0.5) is 5.82 Å². The van der Waals surface area contributed by atoms with Gasteiger partial charge in [0.25, 0.3) is 0 Å². The topological polar surface area (TPSA) is 75.6 Å². The molecule has 1 aliphatic rings. The van der Waals surface area contributed by atoms with Gasteiger partial charge in [0.1, 0.15) is 10.6 Å². The van der Waals surface area contributed by atoms with Crippen molar-refractivity contribution in [2.75, 3.05) is 38.2 Å². The van der Waals surface area contributed by atoms with Gasteiger partial charge >= 0.3 is 0 Å². The van der Waals surface area contributed by atoms with Crippen LogP contribution in [-0.2, 0) is 10.0 Å². The number of nitrogens with zero attached hydrogens (tertiary/aromatic N) is 4. The molecule has 0 bridgehead atoms. The van der Waals surface area contributed by atoms with Gasteiger partial charge in [0.2, 0.25) is 10.0 Å². The third kappa shape index (κ3) is 4.80. The van der Waals surface area contributed by atoms with Gasteiger partial charge in [-0.2, -0.15) is 4.31 Å². The molecule has 0 N–H and O–H groups in total. The van der Waals surface area contributed by atoms with Crippen LogP contribution < -0.4 is 9.64 Å². The summed E-state index contributed by atoms with van der Waals surface area (Å²) in [5.74, 6) is 1.05. The summed E-state index contributed by atoms with van der Waals surface area (Å²) in [7, 11) is -2.19.